The van der Waals surface area contributed by atoms with Crippen molar-refractivity contribution >= 4 is 11.6 Å². The van der Waals surface area contributed by atoms with Crippen LogP contribution in [0.3, 0.4) is 0 Å². The van der Waals surface area contributed by atoms with E-state index in [9.17, 15) is 0 Å². The summed E-state index contributed by atoms with van der Waals surface area (Å²) in [5.41, 5.74) is 6.28. The highest BCUT2D eigenvalue weighted by molar-refractivity contribution is 5.61. The van der Waals surface area contributed by atoms with Crippen LogP contribution in [0.4, 0.5) is 11.6 Å². The lowest BCUT2D eigenvalue weighted by molar-refractivity contribution is 0.413. The second kappa shape index (κ2) is 3.75. The van der Waals surface area contributed by atoms with Gasteiger partial charge in [0.1, 0.15) is 6.33 Å². The number of ether oxygens (including phenoxy) is 1. The first-order chi connectivity index (χ1) is 8.25. The third-order valence-electron chi connectivity index (χ3n) is 3.98. The minimum Gasteiger partial charge on any atom is -0.490 e. The molecule has 17 heavy (non-hydrogen) atoms. The molecule has 3 N–H and O–H groups in total. The Morgan fingerprint density at radius 3 is 2.82 bits per heavy atom. The molecule has 5 heteroatoms. The summed E-state index contributed by atoms with van der Waals surface area (Å²) in [4.78, 5) is 8.11. The Morgan fingerprint density at radius 1 is 1.47 bits per heavy atom. The Labute approximate surface area is 101 Å². The predicted molar refractivity (Wildman–Crippen MR) is 65.9 cm³/mol. The molecule has 0 bridgehead atoms. The fraction of sp³-hybridized carbons (Fsp3) is 0.667. The smallest absolute Gasteiger partial charge is 0.203 e. The van der Waals surface area contributed by atoms with Crippen LogP contribution in [-0.2, 0) is 0 Å². The normalized spacial score (nSPS) is 21.0. The van der Waals surface area contributed by atoms with Gasteiger partial charge < -0.3 is 15.8 Å². The number of anilines is 2. The van der Waals surface area contributed by atoms with Crippen molar-refractivity contribution < 1.29 is 4.74 Å². The number of nitrogens with two attached hydrogens (primary N) is 1. The second-order valence-corrected chi connectivity index (χ2v) is 5.13. The first kappa shape index (κ1) is 10.6. The van der Waals surface area contributed by atoms with Crippen LogP contribution in [0, 0.1) is 11.3 Å². The second-order valence-electron chi connectivity index (χ2n) is 5.13. The summed E-state index contributed by atoms with van der Waals surface area (Å²) in [6.45, 7) is 0.977. The predicted octanol–water partition coefficient (Wildman–Crippen LogP) is 1.67. The maximum Gasteiger partial charge on any atom is 0.203 e. The highest BCUT2D eigenvalue weighted by Crippen LogP contribution is 2.61. The number of hydrogen-bond donors (Lipinski definition) is 2. The van der Waals surface area contributed by atoms with Crippen molar-refractivity contribution in [2.24, 2.45) is 11.3 Å². The molecule has 2 saturated carbocycles. The summed E-state index contributed by atoms with van der Waals surface area (Å²) in [5, 5.41) is 3.37. The van der Waals surface area contributed by atoms with Crippen molar-refractivity contribution in [3.05, 3.63) is 6.33 Å². The monoisotopic (exact) mass is 234 g/mol. The van der Waals surface area contributed by atoms with Gasteiger partial charge in [-0.3, -0.25) is 0 Å². The molecule has 0 aliphatic heterocycles. The van der Waals surface area contributed by atoms with Gasteiger partial charge in [-0.15, -0.1) is 0 Å². The molecule has 1 heterocycles. The summed E-state index contributed by atoms with van der Waals surface area (Å²) in [5.74, 6) is 2.59. The SMILES string of the molecule is COc1c(N)ncnc1NCC1(C2CC2)CC1. The third kappa shape index (κ3) is 1.90. The van der Waals surface area contributed by atoms with Crippen LogP contribution in [-0.4, -0.2) is 23.6 Å². The Kier molecular flexibility index (Phi) is 2.34. The molecule has 0 unspecified atom stereocenters. The molecule has 2 fully saturated rings. The molecule has 5 nitrogen and oxygen atoms in total. The van der Waals surface area contributed by atoms with Crippen molar-refractivity contribution in [2.75, 3.05) is 24.7 Å². The minimum absolute atomic E-state index is 0.390. The summed E-state index contributed by atoms with van der Waals surface area (Å²) in [7, 11) is 1.59. The minimum atomic E-state index is 0.390. The molecule has 3 rings (SSSR count). The van der Waals surface area contributed by atoms with E-state index in [1.165, 1.54) is 32.0 Å². The van der Waals surface area contributed by atoms with Gasteiger partial charge in [-0.1, -0.05) is 0 Å². The van der Waals surface area contributed by atoms with E-state index in [0.717, 1.165) is 12.5 Å². The summed E-state index contributed by atoms with van der Waals surface area (Å²) < 4.78 is 5.23. The maximum atomic E-state index is 5.74. The van der Waals surface area contributed by atoms with E-state index < -0.39 is 0 Å². The summed E-state index contributed by atoms with van der Waals surface area (Å²) in [6, 6.07) is 0. The standard InChI is InChI=1S/C12H18N4O/c1-17-9-10(13)15-7-16-11(9)14-6-12(4-5-12)8-2-3-8/h7-8H,2-6H2,1H3,(H3,13,14,15,16). The van der Waals surface area contributed by atoms with Crippen molar-refractivity contribution in [1.29, 1.82) is 0 Å². The van der Waals surface area contributed by atoms with Gasteiger partial charge in [-0.05, 0) is 37.0 Å². The zero-order chi connectivity index (χ0) is 11.9. The lowest BCUT2D eigenvalue weighted by Crippen LogP contribution is -2.18. The molecule has 92 valence electrons. The van der Waals surface area contributed by atoms with E-state index in [4.69, 9.17) is 10.5 Å². The lowest BCUT2D eigenvalue weighted by Gasteiger charge is -2.17. The average Bonchev–Trinajstić information content (AvgIpc) is 3.17. The van der Waals surface area contributed by atoms with Crippen LogP contribution in [0.25, 0.3) is 0 Å². The summed E-state index contributed by atoms with van der Waals surface area (Å²) in [6.07, 6.45) is 6.94. The van der Waals surface area contributed by atoms with Crippen LogP contribution < -0.4 is 15.8 Å². The number of methoxy groups -OCH3 is 1. The molecule has 0 aromatic carbocycles. The molecule has 2 aliphatic carbocycles. The van der Waals surface area contributed by atoms with E-state index in [1.807, 2.05) is 0 Å². The van der Waals surface area contributed by atoms with E-state index in [0.29, 0.717) is 22.8 Å². The van der Waals surface area contributed by atoms with Crippen LogP contribution >= 0.6 is 0 Å². The molecule has 0 spiro atoms. The van der Waals surface area contributed by atoms with Gasteiger partial charge in [0.05, 0.1) is 7.11 Å². The van der Waals surface area contributed by atoms with Gasteiger partial charge in [0.2, 0.25) is 5.75 Å². The zero-order valence-electron chi connectivity index (χ0n) is 10.1. The number of nitrogens with zero attached hydrogens (tertiary/aromatic N) is 2. The van der Waals surface area contributed by atoms with E-state index >= 15 is 0 Å². The lowest BCUT2D eigenvalue weighted by atomic mass is 10.0. The van der Waals surface area contributed by atoms with Gasteiger partial charge in [-0.2, -0.15) is 0 Å². The Balaban J connectivity index is 1.70. The van der Waals surface area contributed by atoms with Crippen LogP contribution in [0.1, 0.15) is 25.7 Å². The highest BCUT2D eigenvalue weighted by atomic mass is 16.5. The third-order valence-corrected chi connectivity index (χ3v) is 3.98. The molecule has 0 atom stereocenters. The zero-order valence-corrected chi connectivity index (χ0v) is 10.1. The van der Waals surface area contributed by atoms with Crippen molar-refractivity contribution in [2.45, 2.75) is 25.7 Å². The first-order valence-corrected chi connectivity index (χ1v) is 6.13. The molecular weight excluding hydrogens is 216 g/mol. The number of hydrogen-bond acceptors (Lipinski definition) is 5. The molecule has 1 aromatic heterocycles. The number of aromatic nitrogens is 2. The van der Waals surface area contributed by atoms with Gasteiger partial charge in [0.15, 0.2) is 11.6 Å². The molecule has 0 amide bonds. The van der Waals surface area contributed by atoms with E-state index in [1.54, 1.807) is 7.11 Å². The fourth-order valence-corrected chi connectivity index (χ4v) is 2.56. The molecule has 1 aromatic rings. The molecule has 0 radical (unpaired) electrons. The van der Waals surface area contributed by atoms with E-state index in [2.05, 4.69) is 15.3 Å². The molecular formula is C12H18N4O. The maximum absolute atomic E-state index is 5.74. The van der Waals surface area contributed by atoms with Crippen molar-refractivity contribution in [1.82, 2.24) is 9.97 Å². The molecule has 0 saturated heterocycles. The Hall–Kier alpha value is -1.52. The van der Waals surface area contributed by atoms with Crippen molar-refractivity contribution in [3.63, 3.8) is 0 Å². The van der Waals surface area contributed by atoms with Crippen molar-refractivity contribution in [3.8, 4) is 5.75 Å². The topological polar surface area (TPSA) is 73.1 Å². The van der Waals surface area contributed by atoms with Gasteiger partial charge in [0.25, 0.3) is 0 Å². The Bertz CT molecular complexity index is 427. The van der Waals surface area contributed by atoms with Gasteiger partial charge >= 0.3 is 0 Å². The Morgan fingerprint density at radius 2 is 2.24 bits per heavy atom. The number of nitrogen functional groups attached to an aromatic ring is 1. The van der Waals surface area contributed by atoms with Crippen LogP contribution in [0.2, 0.25) is 0 Å². The van der Waals surface area contributed by atoms with Gasteiger partial charge in [0, 0.05) is 6.54 Å². The number of rotatable bonds is 5. The summed E-state index contributed by atoms with van der Waals surface area (Å²) >= 11 is 0. The quantitative estimate of drug-likeness (QED) is 0.810. The fourth-order valence-electron chi connectivity index (χ4n) is 2.56. The number of nitrogens with one attached hydrogen (secondary N) is 1. The van der Waals surface area contributed by atoms with E-state index in [-0.39, 0.29) is 0 Å². The van der Waals surface area contributed by atoms with Crippen LogP contribution in [0.5, 0.6) is 5.75 Å². The average molecular weight is 234 g/mol. The molecule has 2 aliphatic rings. The highest BCUT2D eigenvalue weighted by Gasteiger charge is 2.53. The van der Waals surface area contributed by atoms with Gasteiger partial charge in [-0.25, -0.2) is 9.97 Å². The van der Waals surface area contributed by atoms with Crippen LogP contribution in [0.15, 0.2) is 6.33 Å². The largest absolute Gasteiger partial charge is 0.490 e. The first-order valence-electron chi connectivity index (χ1n) is 6.13.